The van der Waals surface area contributed by atoms with Gasteiger partial charge in [-0.1, -0.05) is 18.2 Å². The Kier molecular flexibility index (Phi) is 1.43. The summed E-state index contributed by atoms with van der Waals surface area (Å²) in [5, 5.41) is 0. The first-order valence-corrected chi connectivity index (χ1v) is 4.10. The lowest BCUT2D eigenvalue weighted by Crippen LogP contribution is -1.99. The average molecular weight is 151 g/mol. The summed E-state index contributed by atoms with van der Waals surface area (Å²) in [5.41, 5.74) is 1.45. The summed E-state index contributed by atoms with van der Waals surface area (Å²) in [5.74, 6) is 0. The normalized spacial score (nSPS) is 17.3. The van der Waals surface area contributed by atoms with Gasteiger partial charge in [0.2, 0.25) is 0 Å². The van der Waals surface area contributed by atoms with Crippen molar-refractivity contribution in [1.29, 1.82) is 0 Å². The summed E-state index contributed by atoms with van der Waals surface area (Å²) in [6, 6.07) is 8.54. The van der Waals surface area contributed by atoms with E-state index in [4.69, 9.17) is 0 Å². The van der Waals surface area contributed by atoms with Crippen molar-refractivity contribution < 1.29 is 0 Å². The van der Waals surface area contributed by atoms with E-state index in [0.717, 1.165) is 6.54 Å². The summed E-state index contributed by atoms with van der Waals surface area (Å²) in [4.78, 5) is 1.41. The molecule has 0 atom stereocenters. The first kappa shape index (κ1) is 6.25. The van der Waals surface area contributed by atoms with Gasteiger partial charge in [0.25, 0.3) is 0 Å². The van der Waals surface area contributed by atoms with Gasteiger partial charge in [0.1, 0.15) is 0 Å². The largest absolute Gasteiger partial charge is 0.245 e. The van der Waals surface area contributed by atoms with Gasteiger partial charge >= 0.3 is 0 Å². The van der Waals surface area contributed by atoms with Crippen LogP contribution in [0.3, 0.4) is 0 Å². The molecule has 0 aliphatic carbocycles. The van der Waals surface area contributed by atoms with Crippen molar-refractivity contribution in [2.24, 2.45) is 0 Å². The van der Waals surface area contributed by atoms with Crippen molar-refractivity contribution in [1.82, 2.24) is 4.31 Å². The van der Waals surface area contributed by atoms with Crippen molar-refractivity contribution in [3.8, 4) is 0 Å². The number of nitrogens with zero attached hydrogens (tertiary/aromatic N) is 1. The van der Waals surface area contributed by atoms with Crippen molar-refractivity contribution in [2.45, 2.75) is 11.4 Å². The minimum absolute atomic E-state index is 1.08. The highest BCUT2D eigenvalue weighted by Crippen LogP contribution is 2.33. The molecule has 10 heavy (non-hydrogen) atoms. The fraction of sp³-hybridized carbons (Fsp3) is 0.250. The van der Waals surface area contributed by atoms with Crippen LogP contribution in [0.5, 0.6) is 0 Å². The van der Waals surface area contributed by atoms with E-state index in [0.29, 0.717) is 0 Å². The van der Waals surface area contributed by atoms with E-state index in [9.17, 15) is 0 Å². The summed E-state index contributed by atoms with van der Waals surface area (Å²) < 4.78 is 2.24. The van der Waals surface area contributed by atoms with Crippen LogP contribution in [0.25, 0.3) is 0 Å². The van der Waals surface area contributed by atoms with Gasteiger partial charge in [-0.05, 0) is 30.6 Å². The molecule has 1 heterocycles. The zero-order valence-corrected chi connectivity index (χ0v) is 6.69. The Balaban J connectivity index is 2.42. The van der Waals surface area contributed by atoms with Gasteiger partial charge in [-0.15, -0.1) is 0 Å². The second-order valence-electron chi connectivity index (χ2n) is 2.49. The summed E-state index contributed by atoms with van der Waals surface area (Å²) in [6.45, 7) is 1.08. The van der Waals surface area contributed by atoms with Crippen molar-refractivity contribution in [2.75, 3.05) is 7.05 Å². The third-order valence-corrected chi connectivity index (χ3v) is 2.66. The van der Waals surface area contributed by atoms with Crippen LogP contribution in [0.15, 0.2) is 29.2 Å². The lowest BCUT2D eigenvalue weighted by Gasteiger charge is -2.00. The van der Waals surface area contributed by atoms with Crippen LogP contribution in [0.1, 0.15) is 5.56 Å². The lowest BCUT2D eigenvalue weighted by molar-refractivity contribution is 0.581. The molecule has 0 saturated carbocycles. The SMILES string of the molecule is CN1Cc2ccccc2S1. The van der Waals surface area contributed by atoms with E-state index < -0.39 is 0 Å². The van der Waals surface area contributed by atoms with E-state index in [1.54, 1.807) is 0 Å². The van der Waals surface area contributed by atoms with Crippen LogP contribution < -0.4 is 0 Å². The molecule has 0 unspecified atom stereocenters. The topological polar surface area (TPSA) is 3.24 Å². The maximum absolute atomic E-state index is 2.24. The van der Waals surface area contributed by atoms with Crippen LogP contribution >= 0.6 is 11.9 Å². The zero-order valence-electron chi connectivity index (χ0n) is 5.87. The molecule has 1 aliphatic rings. The van der Waals surface area contributed by atoms with Gasteiger partial charge in [0, 0.05) is 11.4 Å². The Morgan fingerprint density at radius 2 is 2.20 bits per heavy atom. The van der Waals surface area contributed by atoms with Gasteiger partial charge in [0.05, 0.1) is 0 Å². The third-order valence-electron chi connectivity index (χ3n) is 1.62. The molecule has 0 aromatic heterocycles. The van der Waals surface area contributed by atoms with Gasteiger partial charge in [-0.3, -0.25) is 0 Å². The molecule has 1 aromatic carbocycles. The number of benzene rings is 1. The van der Waals surface area contributed by atoms with Crippen LogP contribution in [0, 0.1) is 0 Å². The van der Waals surface area contributed by atoms with E-state index in [-0.39, 0.29) is 0 Å². The second kappa shape index (κ2) is 2.29. The van der Waals surface area contributed by atoms with Crippen LogP contribution in [-0.4, -0.2) is 11.4 Å². The molecule has 0 N–H and O–H groups in total. The Hall–Kier alpha value is -0.470. The maximum atomic E-state index is 2.24. The highest BCUT2D eigenvalue weighted by atomic mass is 32.2. The van der Waals surface area contributed by atoms with Crippen molar-refractivity contribution in [3.63, 3.8) is 0 Å². The van der Waals surface area contributed by atoms with E-state index >= 15 is 0 Å². The number of rotatable bonds is 0. The first-order chi connectivity index (χ1) is 4.86. The lowest BCUT2D eigenvalue weighted by atomic mass is 10.2. The molecule has 0 saturated heterocycles. The van der Waals surface area contributed by atoms with Crippen LogP contribution in [-0.2, 0) is 6.54 Å². The predicted octanol–water partition coefficient (Wildman–Crippen LogP) is 2.14. The molecule has 2 heteroatoms. The van der Waals surface area contributed by atoms with E-state index in [1.807, 2.05) is 11.9 Å². The molecule has 1 nitrogen and oxygen atoms in total. The number of fused-ring (bicyclic) bond motifs is 1. The minimum atomic E-state index is 1.08. The minimum Gasteiger partial charge on any atom is -0.245 e. The highest BCUT2D eigenvalue weighted by molar-refractivity contribution is 7.97. The number of hydrogen-bond acceptors (Lipinski definition) is 2. The maximum Gasteiger partial charge on any atom is 0.0352 e. The molecule has 0 radical (unpaired) electrons. The molecular formula is C8H9NS. The van der Waals surface area contributed by atoms with Gasteiger partial charge in [-0.2, -0.15) is 0 Å². The standard InChI is InChI=1S/C8H9NS/c1-9-6-7-4-2-3-5-8(7)10-9/h2-5H,6H2,1H3. The molecule has 2 rings (SSSR count). The fourth-order valence-electron chi connectivity index (χ4n) is 1.16. The van der Waals surface area contributed by atoms with Gasteiger partial charge in [0.15, 0.2) is 0 Å². The quantitative estimate of drug-likeness (QED) is 0.523. The van der Waals surface area contributed by atoms with Gasteiger partial charge in [-0.25, -0.2) is 4.31 Å². The highest BCUT2D eigenvalue weighted by Gasteiger charge is 2.14. The summed E-state index contributed by atoms with van der Waals surface area (Å²) in [6.07, 6.45) is 0. The first-order valence-electron chi connectivity index (χ1n) is 3.33. The monoisotopic (exact) mass is 151 g/mol. The Morgan fingerprint density at radius 3 is 3.00 bits per heavy atom. The summed E-state index contributed by atoms with van der Waals surface area (Å²) in [7, 11) is 2.12. The third kappa shape index (κ3) is 0.935. The van der Waals surface area contributed by atoms with Crippen LogP contribution in [0.4, 0.5) is 0 Å². The zero-order chi connectivity index (χ0) is 6.97. The van der Waals surface area contributed by atoms with Gasteiger partial charge < -0.3 is 0 Å². The molecule has 1 aliphatic heterocycles. The smallest absolute Gasteiger partial charge is 0.0352 e. The van der Waals surface area contributed by atoms with Crippen molar-refractivity contribution in [3.05, 3.63) is 29.8 Å². The average Bonchev–Trinajstić information content (AvgIpc) is 2.27. The van der Waals surface area contributed by atoms with E-state index in [2.05, 4.69) is 35.6 Å². The molecule has 0 bridgehead atoms. The molecule has 0 spiro atoms. The Bertz CT molecular complexity index is 222. The molecule has 0 fully saturated rings. The Morgan fingerprint density at radius 1 is 1.40 bits per heavy atom. The molecular weight excluding hydrogens is 142 g/mol. The fourth-order valence-corrected chi connectivity index (χ4v) is 2.09. The van der Waals surface area contributed by atoms with Crippen molar-refractivity contribution >= 4 is 11.9 Å². The molecule has 0 amide bonds. The summed E-state index contributed by atoms with van der Waals surface area (Å²) >= 11 is 1.82. The van der Waals surface area contributed by atoms with Crippen LogP contribution in [0.2, 0.25) is 0 Å². The predicted molar refractivity (Wildman–Crippen MR) is 43.8 cm³/mol. The van der Waals surface area contributed by atoms with E-state index in [1.165, 1.54) is 10.5 Å². The molecule has 52 valence electrons. The molecule has 1 aromatic rings. The Labute approximate surface area is 65.2 Å². The second-order valence-corrected chi connectivity index (χ2v) is 3.73. The number of hydrogen-bond donors (Lipinski definition) is 0.